The van der Waals surface area contributed by atoms with Crippen LogP contribution in [0.25, 0.3) is 0 Å². The zero-order valence-corrected chi connectivity index (χ0v) is 6.73. The molecule has 0 aromatic rings. The molecule has 1 unspecified atom stereocenters. The maximum atomic E-state index is 10.2. The van der Waals surface area contributed by atoms with Crippen LogP contribution in [-0.2, 0) is 9.59 Å². The van der Waals surface area contributed by atoms with Crippen molar-refractivity contribution in [1.82, 2.24) is 4.90 Å². The van der Waals surface area contributed by atoms with Gasteiger partial charge in [-0.05, 0) is 6.92 Å². The van der Waals surface area contributed by atoms with Gasteiger partial charge in [-0.25, -0.2) is 0 Å². The van der Waals surface area contributed by atoms with Crippen LogP contribution in [0.5, 0.6) is 0 Å². The van der Waals surface area contributed by atoms with Crippen LogP contribution in [0.1, 0.15) is 6.92 Å². The molecule has 0 bridgehead atoms. The molecule has 0 aromatic heterocycles. The Labute approximate surface area is 69.6 Å². The Balaban J connectivity index is 4.04. The van der Waals surface area contributed by atoms with E-state index in [0.29, 0.717) is 0 Å². The summed E-state index contributed by atoms with van der Waals surface area (Å²) < 4.78 is 0. The summed E-state index contributed by atoms with van der Waals surface area (Å²) in [6.45, 7) is 0.819. The van der Waals surface area contributed by atoms with Crippen molar-refractivity contribution >= 4 is 11.9 Å². The minimum absolute atomic E-state index is 0.357. The van der Waals surface area contributed by atoms with Gasteiger partial charge in [-0.3, -0.25) is 14.5 Å². The average molecular weight is 176 g/mol. The van der Waals surface area contributed by atoms with Crippen LogP contribution in [0.2, 0.25) is 0 Å². The van der Waals surface area contributed by atoms with E-state index in [0.717, 1.165) is 4.90 Å². The highest BCUT2D eigenvalue weighted by Crippen LogP contribution is 1.91. The minimum Gasteiger partial charge on any atom is -0.480 e. The fourth-order valence-electron chi connectivity index (χ4n) is 0.691. The number of nitrogens with two attached hydrogens (primary N) is 1. The monoisotopic (exact) mass is 176 g/mol. The van der Waals surface area contributed by atoms with Gasteiger partial charge in [0.05, 0.1) is 19.3 Å². The van der Waals surface area contributed by atoms with Crippen LogP contribution < -0.4 is 5.73 Å². The van der Waals surface area contributed by atoms with E-state index < -0.39 is 18.1 Å². The molecule has 0 spiro atoms. The third-order valence-corrected chi connectivity index (χ3v) is 1.25. The normalized spacial score (nSPS) is 12.9. The molecule has 0 heterocycles. The molecule has 4 N–H and O–H groups in total. The summed E-state index contributed by atoms with van der Waals surface area (Å²) in [7, 11) is 0. The SMILES string of the molecule is CC(N)N(CC(=O)O)CC(=O)O. The first-order valence-electron chi connectivity index (χ1n) is 3.36. The minimum atomic E-state index is -1.09. The van der Waals surface area contributed by atoms with Gasteiger partial charge in [-0.1, -0.05) is 0 Å². The van der Waals surface area contributed by atoms with Crippen LogP contribution >= 0.6 is 0 Å². The highest BCUT2D eigenvalue weighted by molar-refractivity contribution is 5.72. The zero-order chi connectivity index (χ0) is 9.72. The standard InChI is InChI=1S/C6H12N2O4/c1-4(7)8(2-5(9)10)3-6(11)12/h4H,2-3,7H2,1H3,(H,9,10)(H,11,12). The molecule has 70 valence electrons. The largest absolute Gasteiger partial charge is 0.480 e. The summed E-state index contributed by atoms with van der Waals surface area (Å²) in [4.78, 5) is 21.6. The smallest absolute Gasteiger partial charge is 0.317 e. The molecule has 0 aliphatic carbocycles. The van der Waals surface area contributed by atoms with Gasteiger partial charge in [0.15, 0.2) is 0 Å². The topological polar surface area (TPSA) is 104 Å². The van der Waals surface area contributed by atoms with E-state index in [1.807, 2.05) is 0 Å². The molecule has 0 fully saturated rings. The summed E-state index contributed by atoms with van der Waals surface area (Å²) in [5.74, 6) is -2.18. The molecule has 1 atom stereocenters. The maximum absolute atomic E-state index is 10.2. The van der Waals surface area contributed by atoms with Gasteiger partial charge in [0.2, 0.25) is 0 Å². The van der Waals surface area contributed by atoms with Crippen LogP contribution in [0, 0.1) is 0 Å². The summed E-state index contributed by atoms with van der Waals surface area (Å²) in [5, 5.41) is 16.7. The van der Waals surface area contributed by atoms with Crippen LogP contribution in [0.3, 0.4) is 0 Å². The van der Waals surface area contributed by atoms with Crippen molar-refractivity contribution in [3.8, 4) is 0 Å². The molecule has 0 radical (unpaired) electrons. The molecular formula is C6H12N2O4. The lowest BCUT2D eigenvalue weighted by molar-refractivity contribution is -0.142. The van der Waals surface area contributed by atoms with E-state index in [2.05, 4.69) is 0 Å². The molecule has 0 aromatic carbocycles. The molecule has 0 aliphatic heterocycles. The summed E-state index contributed by atoms with van der Waals surface area (Å²) >= 11 is 0. The molecule has 0 saturated heterocycles. The van der Waals surface area contributed by atoms with Crippen molar-refractivity contribution in [1.29, 1.82) is 0 Å². The fourth-order valence-corrected chi connectivity index (χ4v) is 0.691. The fraction of sp³-hybridized carbons (Fsp3) is 0.667. The van der Waals surface area contributed by atoms with Crippen molar-refractivity contribution in [3.63, 3.8) is 0 Å². The maximum Gasteiger partial charge on any atom is 0.317 e. The second-order valence-electron chi connectivity index (χ2n) is 2.43. The lowest BCUT2D eigenvalue weighted by atomic mass is 10.4. The van der Waals surface area contributed by atoms with Crippen LogP contribution in [-0.4, -0.2) is 46.3 Å². The van der Waals surface area contributed by atoms with Crippen molar-refractivity contribution in [2.24, 2.45) is 5.73 Å². The first-order valence-corrected chi connectivity index (χ1v) is 3.36. The van der Waals surface area contributed by atoms with Crippen molar-refractivity contribution in [3.05, 3.63) is 0 Å². The first-order chi connectivity index (χ1) is 5.43. The average Bonchev–Trinajstić information content (AvgIpc) is 1.83. The van der Waals surface area contributed by atoms with Gasteiger partial charge >= 0.3 is 11.9 Å². The van der Waals surface area contributed by atoms with Crippen LogP contribution in [0.4, 0.5) is 0 Å². The third kappa shape index (κ3) is 4.64. The first kappa shape index (κ1) is 10.9. The van der Waals surface area contributed by atoms with Crippen LogP contribution in [0.15, 0.2) is 0 Å². The lowest BCUT2D eigenvalue weighted by Gasteiger charge is -2.21. The second kappa shape index (κ2) is 4.68. The molecule has 6 nitrogen and oxygen atoms in total. The molecule has 0 rings (SSSR count). The Hall–Kier alpha value is -1.14. The second-order valence-corrected chi connectivity index (χ2v) is 2.43. The zero-order valence-electron chi connectivity index (χ0n) is 6.73. The number of hydrogen-bond donors (Lipinski definition) is 3. The van der Waals surface area contributed by atoms with E-state index in [9.17, 15) is 9.59 Å². The number of hydrogen-bond acceptors (Lipinski definition) is 4. The van der Waals surface area contributed by atoms with Gasteiger partial charge in [0.25, 0.3) is 0 Å². The molecule has 6 heteroatoms. The van der Waals surface area contributed by atoms with Gasteiger partial charge in [0, 0.05) is 0 Å². The third-order valence-electron chi connectivity index (χ3n) is 1.25. The van der Waals surface area contributed by atoms with Gasteiger partial charge in [0.1, 0.15) is 0 Å². The number of nitrogens with zero attached hydrogens (tertiary/aromatic N) is 1. The van der Waals surface area contributed by atoms with Gasteiger partial charge in [-0.2, -0.15) is 0 Å². The van der Waals surface area contributed by atoms with Gasteiger partial charge in [-0.15, -0.1) is 0 Å². The number of rotatable bonds is 5. The van der Waals surface area contributed by atoms with Crippen molar-refractivity contribution in [2.45, 2.75) is 13.1 Å². The van der Waals surface area contributed by atoms with E-state index in [-0.39, 0.29) is 13.1 Å². The highest BCUT2D eigenvalue weighted by atomic mass is 16.4. The number of carboxylic acids is 2. The molecule has 12 heavy (non-hydrogen) atoms. The van der Waals surface area contributed by atoms with E-state index in [1.165, 1.54) is 6.92 Å². The van der Waals surface area contributed by atoms with Crippen molar-refractivity contribution < 1.29 is 19.8 Å². The molecule has 0 aliphatic rings. The Morgan fingerprint density at radius 1 is 1.33 bits per heavy atom. The predicted octanol–water partition coefficient (Wildman–Crippen LogP) is -1.24. The van der Waals surface area contributed by atoms with E-state index in [4.69, 9.17) is 15.9 Å². The number of carboxylic acid groups (broad SMARTS) is 2. The Morgan fingerprint density at radius 3 is 1.83 bits per heavy atom. The number of aliphatic carboxylic acids is 2. The van der Waals surface area contributed by atoms with Crippen molar-refractivity contribution in [2.75, 3.05) is 13.1 Å². The van der Waals surface area contributed by atoms with Gasteiger partial charge < -0.3 is 15.9 Å². The Bertz CT molecular complexity index is 164. The Kier molecular flexibility index (Phi) is 4.24. The molecule has 0 saturated carbocycles. The summed E-state index contributed by atoms with van der Waals surface area (Å²) in [6, 6.07) is 0. The lowest BCUT2D eigenvalue weighted by Crippen LogP contribution is -2.45. The molecular weight excluding hydrogens is 164 g/mol. The van der Waals surface area contributed by atoms with E-state index in [1.54, 1.807) is 0 Å². The Morgan fingerprint density at radius 2 is 1.67 bits per heavy atom. The highest BCUT2D eigenvalue weighted by Gasteiger charge is 2.16. The number of carbonyl (C=O) groups is 2. The predicted molar refractivity (Wildman–Crippen MR) is 40.5 cm³/mol. The summed E-state index contributed by atoms with van der Waals surface area (Å²) in [6.07, 6.45) is -0.572. The quantitative estimate of drug-likeness (QED) is 0.453. The molecule has 0 amide bonds. The summed E-state index contributed by atoms with van der Waals surface area (Å²) in [5.41, 5.74) is 5.33. The van der Waals surface area contributed by atoms with E-state index >= 15 is 0 Å².